The normalized spacial score (nSPS) is 21.3. The van der Waals surface area contributed by atoms with Crippen LogP contribution in [0.1, 0.15) is 12.6 Å². The molecule has 2 amide bonds. The number of carboxylic acid groups (broad SMARTS) is 2. The van der Waals surface area contributed by atoms with E-state index in [4.69, 9.17) is 16.3 Å². The van der Waals surface area contributed by atoms with Gasteiger partial charge in [-0.2, -0.15) is 0 Å². The smallest absolute Gasteiger partial charge is 0.352 e. The minimum Gasteiger partial charge on any atom is -0.478 e. The number of amidine groups is 1. The molecule has 0 bridgehead atoms. The third-order valence-corrected chi connectivity index (χ3v) is 8.85. The highest BCUT2D eigenvalue weighted by molar-refractivity contribution is 8.14. The van der Waals surface area contributed by atoms with Crippen LogP contribution in [0.15, 0.2) is 38.2 Å². The van der Waals surface area contributed by atoms with E-state index in [1.807, 2.05) is 0 Å². The molecule has 15 nitrogen and oxygen atoms in total. The van der Waals surface area contributed by atoms with Crippen molar-refractivity contribution in [1.82, 2.24) is 20.1 Å². The topological polar surface area (TPSA) is 226 Å². The summed E-state index contributed by atoms with van der Waals surface area (Å²) in [6, 6.07) is -0.984. The van der Waals surface area contributed by atoms with Gasteiger partial charge in [0.05, 0.1) is 12.1 Å². The molecule has 7 N–H and O–H groups in total. The van der Waals surface area contributed by atoms with Crippen LogP contribution in [0.3, 0.4) is 0 Å². The number of anilines is 1. The maximum atomic E-state index is 13.0. The van der Waals surface area contributed by atoms with Crippen molar-refractivity contribution in [2.75, 3.05) is 37.4 Å². The summed E-state index contributed by atoms with van der Waals surface area (Å²) in [7, 11) is 1.65. The molecule has 1 unspecified atom stereocenters. The second-order valence-corrected chi connectivity index (χ2v) is 11.2. The molecule has 208 valence electrons. The average molecular weight is 597 g/mol. The molecule has 3 aliphatic heterocycles. The third-order valence-electron chi connectivity index (χ3n) is 5.68. The molecule has 2 atom stereocenters. The first kappa shape index (κ1) is 28.2. The fraction of sp³-hybridized carbons (Fsp3) is 0.381. The van der Waals surface area contributed by atoms with Gasteiger partial charge in [0.2, 0.25) is 0 Å². The van der Waals surface area contributed by atoms with Crippen LogP contribution in [-0.2, 0) is 24.0 Å². The summed E-state index contributed by atoms with van der Waals surface area (Å²) in [5.41, 5.74) is 11.8. The van der Waals surface area contributed by atoms with Gasteiger partial charge in [-0.15, -0.1) is 23.1 Å². The number of aliphatic carboxylic acids is 2. The number of thiazole rings is 1. The molecule has 1 saturated heterocycles. The van der Waals surface area contributed by atoms with Crippen molar-refractivity contribution >= 4 is 74.6 Å². The minimum absolute atomic E-state index is 0.0321. The maximum Gasteiger partial charge on any atom is 0.352 e. The first-order valence-corrected chi connectivity index (χ1v) is 14.2. The number of likely N-dealkylation sites (N-methyl/N-ethyl adjacent to an activating group) is 1. The van der Waals surface area contributed by atoms with E-state index in [0.717, 1.165) is 16.2 Å². The van der Waals surface area contributed by atoms with Gasteiger partial charge in [0, 0.05) is 23.9 Å². The number of β-lactam (4-membered cyclic amide) rings is 1. The van der Waals surface area contributed by atoms with Crippen LogP contribution in [0.2, 0.25) is 0 Å². The van der Waals surface area contributed by atoms with Gasteiger partial charge in [0.25, 0.3) is 11.8 Å². The number of amides is 2. The van der Waals surface area contributed by atoms with Crippen LogP contribution in [-0.4, -0.2) is 103 Å². The van der Waals surface area contributed by atoms with Gasteiger partial charge in [0.15, 0.2) is 16.0 Å². The number of nitrogens with two attached hydrogens (primary N) is 2. The highest BCUT2D eigenvalue weighted by Gasteiger charge is 2.54. The molecular weight excluding hydrogens is 572 g/mol. The standard InChI is InChI=1S/C21H24N8O7S3/c1-3-36-27-11(10-7-38-20(23)24-10)15(30)25-12-16(31)29-13(19(34)35)8(5-37-17(12)29)6-39-21-26-14(22)9(18(32)33)4-28(21)2/h7,12,17H,3-6,22H2,1-2H3,(H2,23,24)(H,25,30)(H,32,33)(H,34,35)/b27-11-/t12?,17-/m0/s1. The molecular formula is C21H24N8O7S3. The Bertz CT molecular complexity index is 1350. The minimum atomic E-state index is -1.28. The number of carbonyl (C=O) groups excluding carboxylic acids is 2. The van der Waals surface area contributed by atoms with Crippen molar-refractivity contribution in [2.24, 2.45) is 15.9 Å². The van der Waals surface area contributed by atoms with Crippen LogP contribution in [0.25, 0.3) is 0 Å². The Hall–Kier alpha value is -3.77. The summed E-state index contributed by atoms with van der Waals surface area (Å²) in [6.07, 6.45) is 0. The van der Waals surface area contributed by atoms with Crippen LogP contribution in [0, 0.1) is 0 Å². The first-order valence-electron chi connectivity index (χ1n) is 11.3. The molecule has 1 aromatic rings. The molecule has 0 aliphatic carbocycles. The average Bonchev–Trinajstić information content (AvgIpc) is 3.32. The van der Waals surface area contributed by atoms with Crippen LogP contribution < -0.4 is 16.8 Å². The number of aliphatic imine (C=N–C) groups is 1. The van der Waals surface area contributed by atoms with Crippen molar-refractivity contribution in [2.45, 2.75) is 18.3 Å². The lowest BCUT2D eigenvalue weighted by molar-refractivity contribution is -0.150. The number of rotatable bonds is 9. The summed E-state index contributed by atoms with van der Waals surface area (Å²) in [5.74, 6) is -3.39. The monoisotopic (exact) mass is 596 g/mol. The highest BCUT2D eigenvalue weighted by Crippen LogP contribution is 2.41. The van der Waals surface area contributed by atoms with Gasteiger partial charge in [-0.05, 0) is 12.5 Å². The fourth-order valence-corrected chi connectivity index (χ4v) is 6.86. The molecule has 1 aromatic heterocycles. The second-order valence-electron chi connectivity index (χ2n) is 8.25. The van der Waals surface area contributed by atoms with Crippen LogP contribution >= 0.6 is 34.9 Å². The van der Waals surface area contributed by atoms with Gasteiger partial charge < -0.3 is 36.7 Å². The van der Waals surface area contributed by atoms with Gasteiger partial charge in [-0.25, -0.2) is 19.6 Å². The number of nitrogens with zero attached hydrogens (tertiary/aromatic N) is 5. The molecule has 39 heavy (non-hydrogen) atoms. The van der Waals surface area contributed by atoms with E-state index in [-0.39, 0.29) is 58.3 Å². The Morgan fingerprint density at radius 2 is 2.05 bits per heavy atom. The van der Waals surface area contributed by atoms with Crippen LogP contribution in [0.5, 0.6) is 0 Å². The summed E-state index contributed by atoms with van der Waals surface area (Å²) in [4.78, 5) is 65.5. The molecule has 4 rings (SSSR count). The summed E-state index contributed by atoms with van der Waals surface area (Å²) in [6.45, 7) is 1.93. The number of thioether (sulfide) groups is 2. The van der Waals surface area contributed by atoms with Crippen LogP contribution in [0.4, 0.5) is 5.13 Å². The zero-order valence-corrected chi connectivity index (χ0v) is 23.1. The van der Waals surface area contributed by atoms with Gasteiger partial charge >= 0.3 is 11.9 Å². The van der Waals surface area contributed by atoms with E-state index < -0.39 is 35.2 Å². The maximum absolute atomic E-state index is 13.0. The van der Waals surface area contributed by atoms with E-state index in [0.29, 0.717) is 10.7 Å². The van der Waals surface area contributed by atoms with Crippen molar-refractivity contribution in [1.29, 1.82) is 0 Å². The first-order chi connectivity index (χ1) is 18.5. The zero-order valence-electron chi connectivity index (χ0n) is 20.6. The van der Waals surface area contributed by atoms with E-state index in [9.17, 15) is 29.4 Å². The van der Waals surface area contributed by atoms with E-state index in [2.05, 4.69) is 20.4 Å². The number of carboxylic acids is 2. The van der Waals surface area contributed by atoms with E-state index >= 15 is 0 Å². The predicted octanol–water partition coefficient (Wildman–Crippen LogP) is -0.506. The number of oxime groups is 1. The molecule has 0 aromatic carbocycles. The number of nitrogen functional groups attached to an aromatic ring is 1. The van der Waals surface area contributed by atoms with E-state index in [1.165, 1.54) is 28.9 Å². The number of hydrogen-bond donors (Lipinski definition) is 5. The third kappa shape index (κ3) is 5.66. The number of fused-ring (bicyclic) bond motifs is 1. The molecule has 0 spiro atoms. The molecule has 0 saturated carbocycles. The van der Waals surface area contributed by atoms with Gasteiger partial charge in [0.1, 0.15) is 35.2 Å². The lowest BCUT2D eigenvalue weighted by Crippen LogP contribution is -2.71. The van der Waals surface area contributed by atoms with Crippen molar-refractivity contribution < 1.29 is 34.2 Å². The number of nitrogens with one attached hydrogen (secondary N) is 1. The molecule has 0 radical (unpaired) electrons. The predicted molar refractivity (Wildman–Crippen MR) is 146 cm³/mol. The molecule has 1 fully saturated rings. The largest absolute Gasteiger partial charge is 0.478 e. The Morgan fingerprint density at radius 3 is 2.67 bits per heavy atom. The van der Waals surface area contributed by atoms with Crippen molar-refractivity contribution in [3.63, 3.8) is 0 Å². The summed E-state index contributed by atoms with van der Waals surface area (Å²) >= 11 is 3.60. The van der Waals surface area contributed by atoms with Gasteiger partial charge in [-0.1, -0.05) is 16.9 Å². The number of hydrogen-bond acceptors (Lipinski definition) is 14. The fourth-order valence-electron chi connectivity index (χ4n) is 3.85. The quantitative estimate of drug-likeness (QED) is 0.138. The van der Waals surface area contributed by atoms with Crippen molar-refractivity contribution in [3.8, 4) is 0 Å². The Morgan fingerprint density at radius 1 is 1.31 bits per heavy atom. The second kappa shape index (κ2) is 11.5. The Labute approximate surface area is 234 Å². The number of carbonyl (C=O) groups is 4. The summed E-state index contributed by atoms with van der Waals surface area (Å²) in [5, 5.41) is 27.1. The zero-order chi connectivity index (χ0) is 28.4. The Kier molecular flexibility index (Phi) is 8.36. The lowest BCUT2D eigenvalue weighted by atomic mass is 10.0. The highest BCUT2D eigenvalue weighted by atomic mass is 32.2. The van der Waals surface area contributed by atoms with Crippen molar-refractivity contribution in [3.05, 3.63) is 33.7 Å². The molecule has 18 heteroatoms. The summed E-state index contributed by atoms with van der Waals surface area (Å²) < 4.78 is 0. The molecule has 4 heterocycles. The number of aromatic nitrogens is 1. The SMILES string of the molecule is CCO/N=C(\C(=O)NC1C(=O)N2C(C(=O)O)=C(CSC3=NC(N)=C(C(=O)O)CN3C)CS[C@@H]12)c1csc(N)n1. The Balaban J connectivity index is 1.49. The lowest BCUT2D eigenvalue weighted by Gasteiger charge is -2.49. The van der Waals surface area contributed by atoms with E-state index in [1.54, 1.807) is 18.9 Å². The molecule has 3 aliphatic rings. The van der Waals surface area contributed by atoms with Gasteiger partial charge in [-0.3, -0.25) is 14.5 Å².